The summed E-state index contributed by atoms with van der Waals surface area (Å²) in [4.78, 5) is 27.3. The summed E-state index contributed by atoms with van der Waals surface area (Å²) in [6.45, 7) is 1.74. The van der Waals surface area contributed by atoms with Crippen molar-refractivity contribution in [2.75, 3.05) is 17.8 Å². The zero-order valence-electron chi connectivity index (χ0n) is 14.8. The molecule has 0 saturated carbocycles. The lowest BCUT2D eigenvalue weighted by molar-refractivity contribution is -0.143. The van der Waals surface area contributed by atoms with Gasteiger partial charge in [-0.15, -0.1) is 11.8 Å². The number of anilines is 1. The minimum Gasteiger partial charge on any atom is -0.452 e. The second-order valence-corrected chi connectivity index (χ2v) is 7.04. The van der Waals surface area contributed by atoms with Gasteiger partial charge in [-0.3, -0.25) is 4.79 Å². The van der Waals surface area contributed by atoms with Gasteiger partial charge in [0.05, 0.1) is 0 Å². The second kappa shape index (κ2) is 8.23. The number of benzene rings is 2. The van der Waals surface area contributed by atoms with Gasteiger partial charge in [0.25, 0.3) is 5.91 Å². The Morgan fingerprint density at radius 2 is 1.92 bits per heavy atom. The molecular formula is C21H21NO3S. The average molecular weight is 367 g/mol. The molecule has 1 heterocycles. The molecule has 5 heteroatoms. The molecule has 26 heavy (non-hydrogen) atoms. The maximum Gasteiger partial charge on any atom is 0.331 e. The van der Waals surface area contributed by atoms with Crippen LogP contribution in [0.2, 0.25) is 0 Å². The van der Waals surface area contributed by atoms with Crippen LogP contribution in [-0.2, 0) is 20.7 Å². The zero-order chi connectivity index (χ0) is 18.5. The van der Waals surface area contributed by atoms with E-state index in [1.54, 1.807) is 22.7 Å². The summed E-state index contributed by atoms with van der Waals surface area (Å²) < 4.78 is 5.13. The number of carbonyl (C=O) groups excluding carboxylic acids is 2. The van der Waals surface area contributed by atoms with Crippen molar-refractivity contribution < 1.29 is 14.3 Å². The quantitative estimate of drug-likeness (QED) is 0.456. The molecule has 0 bridgehead atoms. The Labute approximate surface area is 157 Å². The molecule has 0 aliphatic carbocycles. The van der Waals surface area contributed by atoms with Crippen LogP contribution in [-0.4, -0.2) is 30.8 Å². The summed E-state index contributed by atoms with van der Waals surface area (Å²) in [5.41, 5.74) is 2.96. The van der Waals surface area contributed by atoms with Crippen LogP contribution in [0.4, 0.5) is 5.69 Å². The molecule has 0 radical (unpaired) electrons. The number of esters is 1. The predicted octanol–water partition coefficient (Wildman–Crippen LogP) is 3.94. The van der Waals surface area contributed by atoms with Crippen molar-refractivity contribution in [2.24, 2.45) is 0 Å². The third-order valence-corrected chi connectivity index (χ3v) is 5.09. The fourth-order valence-electron chi connectivity index (χ4n) is 3.08. The molecule has 1 amide bonds. The monoisotopic (exact) mass is 367 g/mol. The first-order valence-corrected chi connectivity index (χ1v) is 9.70. The summed E-state index contributed by atoms with van der Waals surface area (Å²) in [7, 11) is 0. The Hall–Kier alpha value is -2.53. The summed E-state index contributed by atoms with van der Waals surface area (Å²) in [6, 6.07) is 15.8. The minimum absolute atomic E-state index is 0.0732. The highest BCUT2D eigenvalue weighted by molar-refractivity contribution is 7.98. The van der Waals surface area contributed by atoms with E-state index < -0.39 is 5.97 Å². The number of thioether (sulfide) groups is 1. The number of hydrogen-bond acceptors (Lipinski definition) is 4. The van der Waals surface area contributed by atoms with Gasteiger partial charge in [0.2, 0.25) is 0 Å². The normalized spacial score (nSPS) is 15.9. The molecule has 1 aliphatic rings. The number of hydrogen-bond donors (Lipinski definition) is 0. The first-order chi connectivity index (χ1) is 12.6. The Kier molecular flexibility index (Phi) is 5.78. The standard InChI is InChI=1S/C21H21NO3S/c1-15-13-17-5-3-4-6-19(17)22(15)20(23)14-25-21(24)12-9-16-7-10-18(26-2)11-8-16/h3-12,15H,13-14H2,1-2H3/b12-9+/t15-/m0/s1. The Morgan fingerprint density at radius 1 is 1.19 bits per heavy atom. The molecule has 1 aliphatic heterocycles. The van der Waals surface area contributed by atoms with Gasteiger partial charge in [-0.25, -0.2) is 4.79 Å². The van der Waals surface area contributed by atoms with E-state index in [0.29, 0.717) is 0 Å². The lowest BCUT2D eigenvalue weighted by atomic mass is 10.1. The first kappa shape index (κ1) is 18.3. The van der Waals surface area contributed by atoms with E-state index in [1.807, 2.05) is 61.7 Å². The highest BCUT2D eigenvalue weighted by Crippen LogP contribution is 2.31. The molecule has 134 valence electrons. The maximum atomic E-state index is 12.5. The molecule has 2 aromatic carbocycles. The van der Waals surface area contributed by atoms with Crippen LogP contribution in [0.1, 0.15) is 18.1 Å². The lowest BCUT2D eigenvalue weighted by Crippen LogP contribution is -2.38. The lowest BCUT2D eigenvalue weighted by Gasteiger charge is -2.22. The average Bonchev–Trinajstić information content (AvgIpc) is 3.00. The molecule has 0 aromatic heterocycles. The number of para-hydroxylation sites is 1. The van der Waals surface area contributed by atoms with Gasteiger partial charge in [-0.1, -0.05) is 30.3 Å². The van der Waals surface area contributed by atoms with E-state index in [9.17, 15) is 9.59 Å². The van der Waals surface area contributed by atoms with Crippen LogP contribution in [0, 0.1) is 0 Å². The van der Waals surface area contributed by atoms with Gasteiger partial charge < -0.3 is 9.64 Å². The van der Waals surface area contributed by atoms with Gasteiger partial charge in [0.15, 0.2) is 6.61 Å². The van der Waals surface area contributed by atoms with Gasteiger partial charge in [0.1, 0.15) is 0 Å². The minimum atomic E-state index is -0.521. The molecule has 1 atom stereocenters. The van der Waals surface area contributed by atoms with Crippen LogP contribution < -0.4 is 4.90 Å². The molecule has 0 fully saturated rings. The van der Waals surface area contributed by atoms with Crippen molar-refractivity contribution in [1.82, 2.24) is 0 Å². The van der Waals surface area contributed by atoms with Crippen molar-refractivity contribution in [1.29, 1.82) is 0 Å². The molecule has 3 rings (SSSR count). The van der Waals surface area contributed by atoms with Crippen LogP contribution in [0.15, 0.2) is 59.5 Å². The number of ether oxygens (including phenoxy) is 1. The highest BCUT2D eigenvalue weighted by atomic mass is 32.2. The van der Waals surface area contributed by atoms with Gasteiger partial charge >= 0.3 is 5.97 Å². The number of nitrogens with zero attached hydrogens (tertiary/aromatic N) is 1. The molecule has 0 spiro atoms. The van der Waals surface area contributed by atoms with E-state index in [4.69, 9.17) is 4.74 Å². The van der Waals surface area contributed by atoms with E-state index >= 15 is 0 Å². The molecule has 0 unspecified atom stereocenters. The summed E-state index contributed by atoms with van der Waals surface area (Å²) in [6.07, 6.45) is 5.87. The van der Waals surface area contributed by atoms with E-state index in [2.05, 4.69) is 0 Å². The summed E-state index contributed by atoms with van der Waals surface area (Å²) >= 11 is 1.66. The zero-order valence-corrected chi connectivity index (χ0v) is 15.7. The number of fused-ring (bicyclic) bond motifs is 1. The van der Waals surface area contributed by atoms with E-state index in [-0.39, 0.29) is 18.6 Å². The predicted molar refractivity (Wildman–Crippen MR) is 105 cm³/mol. The molecule has 4 nitrogen and oxygen atoms in total. The third-order valence-electron chi connectivity index (χ3n) is 4.34. The fraction of sp³-hybridized carbons (Fsp3) is 0.238. The van der Waals surface area contributed by atoms with Gasteiger partial charge in [-0.05, 0) is 55.0 Å². The summed E-state index contributed by atoms with van der Waals surface area (Å²) in [5.74, 6) is -0.721. The molecular weight excluding hydrogens is 346 g/mol. The highest BCUT2D eigenvalue weighted by Gasteiger charge is 2.30. The molecule has 0 N–H and O–H groups in total. The largest absolute Gasteiger partial charge is 0.452 e. The molecule has 2 aromatic rings. The van der Waals surface area contributed by atoms with Crippen molar-refractivity contribution in [3.8, 4) is 0 Å². The summed E-state index contributed by atoms with van der Waals surface area (Å²) in [5, 5.41) is 0. The van der Waals surface area contributed by atoms with Crippen molar-refractivity contribution in [2.45, 2.75) is 24.3 Å². The van der Waals surface area contributed by atoms with Crippen LogP contribution >= 0.6 is 11.8 Å². The maximum absolute atomic E-state index is 12.5. The number of amides is 1. The van der Waals surface area contributed by atoms with Crippen LogP contribution in [0.3, 0.4) is 0 Å². The Balaban J connectivity index is 1.55. The SMILES string of the molecule is CSc1ccc(/C=C/C(=O)OCC(=O)N2c3ccccc3C[C@@H]2C)cc1. The fourth-order valence-corrected chi connectivity index (χ4v) is 3.48. The Morgan fingerprint density at radius 3 is 2.65 bits per heavy atom. The van der Waals surface area contributed by atoms with Crippen molar-refractivity contribution in [3.63, 3.8) is 0 Å². The topological polar surface area (TPSA) is 46.6 Å². The molecule has 0 saturated heterocycles. The number of rotatable bonds is 5. The van der Waals surface area contributed by atoms with Crippen molar-refractivity contribution in [3.05, 3.63) is 65.7 Å². The third kappa shape index (κ3) is 4.17. The smallest absolute Gasteiger partial charge is 0.331 e. The number of carbonyl (C=O) groups is 2. The van der Waals surface area contributed by atoms with Gasteiger partial charge in [-0.2, -0.15) is 0 Å². The van der Waals surface area contributed by atoms with Crippen LogP contribution in [0.25, 0.3) is 6.08 Å². The van der Waals surface area contributed by atoms with Gasteiger partial charge in [0, 0.05) is 22.7 Å². The second-order valence-electron chi connectivity index (χ2n) is 6.16. The van der Waals surface area contributed by atoms with Crippen LogP contribution in [0.5, 0.6) is 0 Å². The first-order valence-electron chi connectivity index (χ1n) is 8.47. The van der Waals surface area contributed by atoms with Crippen molar-refractivity contribution >= 4 is 35.4 Å². The van der Waals surface area contributed by atoms with E-state index in [1.165, 1.54) is 6.08 Å². The van der Waals surface area contributed by atoms with E-state index in [0.717, 1.165) is 28.1 Å². The Bertz CT molecular complexity index is 829.